The number of ketones is 1. The van der Waals surface area contributed by atoms with Crippen molar-refractivity contribution in [1.82, 2.24) is 0 Å². The molecule has 0 aromatic heterocycles. The van der Waals surface area contributed by atoms with E-state index in [-0.39, 0.29) is 18.3 Å². The van der Waals surface area contributed by atoms with Crippen molar-refractivity contribution in [2.45, 2.75) is 13.3 Å². The number of carbonyl (C=O) groups is 1. The van der Waals surface area contributed by atoms with Crippen LogP contribution in [0.4, 0.5) is 0 Å². The fraction of sp³-hybridized carbons (Fsp3) is 0.875. The van der Waals surface area contributed by atoms with Crippen LogP contribution in [-0.2, 0) is 9.53 Å². The van der Waals surface area contributed by atoms with Crippen LogP contribution in [0.1, 0.15) is 13.3 Å². The molecule has 0 bridgehead atoms. The Hall–Kier alpha value is -0.410. The molecular weight excluding hydrogens is 142 g/mol. The van der Waals surface area contributed by atoms with Gasteiger partial charge in [0.25, 0.3) is 0 Å². The summed E-state index contributed by atoms with van der Waals surface area (Å²) in [6.07, 6.45) is 0.975. The Bertz CT molecular complexity index is 147. The molecule has 0 saturated heterocycles. The highest BCUT2D eigenvalue weighted by Crippen LogP contribution is 2.37. The minimum absolute atomic E-state index is 0.214. The standard InChI is InChI=1S/C8H15NO2/c1-2-11-5-8(10)7-3-6(7)4-9/h6-7H,2-5,9H2,1H3/t6-,7-/m0/s1. The monoisotopic (exact) mass is 157 g/mol. The van der Waals surface area contributed by atoms with Crippen LogP contribution in [0.15, 0.2) is 0 Å². The lowest BCUT2D eigenvalue weighted by molar-refractivity contribution is -0.124. The summed E-state index contributed by atoms with van der Waals surface area (Å²) in [7, 11) is 0. The van der Waals surface area contributed by atoms with Crippen molar-refractivity contribution in [3.05, 3.63) is 0 Å². The SMILES string of the molecule is CCOCC(=O)[C@H]1C[C@H]1CN. The van der Waals surface area contributed by atoms with Gasteiger partial charge in [-0.05, 0) is 25.8 Å². The topological polar surface area (TPSA) is 52.3 Å². The van der Waals surface area contributed by atoms with E-state index in [2.05, 4.69) is 0 Å². The highest BCUT2D eigenvalue weighted by molar-refractivity contribution is 5.84. The molecule has 1 aliphatic carbocycles. The van der Waals surface area contributed by atoms with Crippen molar-refractivity contribution >= 4 is 5.78 Å². The van der Waals surface area contributed by atoms with Crippen molar-refractivity contribution in [2.75, 3.05) is 19.8 Å². The maximum Gasteiger partial charge on any atom is 0.161 e. The Balaban J connectivity index is 2.12. The lowest BCUT2D eigenvalue weighted by Crippen LogP contribution is -2.14. The number of Topliss-reactive ketones (excluding diaryl/α,β-unsaturated/α-hetero) is 1. The summed E-state index contributed by atoms with van der Waals surface area (Å²) in [5.74, 6) is 0.886. The summed E-state index contributed by atoms with van der Waals surface area (Å²) in [6, 6.07) is 0. The van der Waals surface area contributed by atoms with Gasteiger partial charge in [0.15, 0.2) is 5.78 Å². The maximum atomic E-state index is 11.2. The second-order valence-electron chi connectivity index (χ2n) is 2.94. The predicted octanol–water partition coefficient (Wildman–Crippen LogP) is 0.187. The lowest BCUT2D eigenvalue weighted by atomic mass is 10.2. The van der Waals surface area contributed by atoms with E-state index >= 15 is 0 Å². The van der Waals surface area contributed by atoms with Gasteiger partial charge in [0.05, 0.1) is 0 Å². The molecule has 3 nitrogen and oxygen atoms in total. The van der Waals surface area contributed by atoms with Crippen molar-refractivity contribution in [2.24, 2.45) is 17.6 Å². The third kappa shape index (κ3) is 2.27. The zero-order chi connectivity index (χ0) is 8.27. The first-order valence-corrected chi connectivity index (χ1v) is 4.10. The van der Waals surface area contributed by atoms with Gasteiger partial charge in [-0.15, -0.1) is 0 Å². The summed E-state index contributed by atoms with van der Waals surface area (Å²) in [5, 5.41) is 0. The van der Waals surface area contributed by atoms with Gasteiger partial charge in [-0.25, -0.2) is 0 Å². The van der Waals surface area contributed by atoms with Crippen LogP contribution in [-0.4, -0.2) is 25.5 Å². The summed E-state index contributed by atoms with van der Waals surface area (Å²) < 4.78 is 5.00. The first-order valence-electron chi connectivity index (χ1n) is 4.10. The number of hydrogen-bond donors (Lipinski definition) is 1. The molecule has 0 spiro atoms. The van der Waals surface area contributed by atoms with Crippen LogP contribution in [0.2, 0.25) is 0 Å². The van der Waals surface area contributed by atoms with Gasteiger partial charge in [0, 0.05) is 12.5 Å². The molecule has 0 aromatic carbocycles. The lowest BCUT2D eigenvalue weighted by Gasteiger charge is -1.98. The first-order chi connectivity index (χ1) is 5.29. The summed E-state index contributed by atoms with van der Waals surface area (Å²) in [4.78, 5) is 11.2. The molecule has 0 heterocycles. The molecule has 2 atom stereocenters. The molecule has 0 aliphatic heterocycles. The zero-order valence-corrected chi connectivity index (χ0v) is 6.88. The van der Waals surface area contributed by atoms with Crippen LogP contribution in [0.5, 0.6) is 0 Å². The van der Waals surface area contributed by atoms with E-state index in [0.717, 1.165) is 6.42 Å². The van der Waals surface area contributed by atoms with E-state index in [1.807, 2.05) is 6.92 Å². The minimum atomic E-state index is 0.214. The molecule has 11 heavy (non-hydrogen) atoms. The molecule has 3 heteroatoms. The molecule has 1 saturated carbocycles. The number of ether oxygens (including phenoxy) is 1. The minimum Gasteiger partial charge on any atom is -0.374 e. The molecule has 0 amide bonds. The van der Waals surface area contributed by atoms with E-state index in [1.54, 1.807) is 0 Å². The average molecular weight is 157 g/mol. The summed E-state index contributed by atoms with van der Waals surface area (Å²) in [5.41, 5.74) is 5.40. The van der Waals surface area contributed by atoms with Crippen LogP contribution in [0.25, 0.3) is 0 Å². The smallest absolute Gasteiger partial charge is 0.161 e. The van der Waals surface area contributed by atoms with E-state index in [0.29, 0.717) is 19.1 Å². The van der Waals surface area contributed by atoms with Crippen molar-refractivity contribution < 1.29 is 9.53 Å². The predicted molar refractivity (Wildman–Crippen MR) is 42.2 cm³/mol. The quantitative estimate of drug-likeness (QED) is 0.619. The molecule has 0 aromatic rings. The van der Waals surface area contributed by atoms with Gasteiger partial charge in [0.1, 0.15) is 6.61 Å². The third-order valence-electron chi connectivity index (χ3n) is 2.09. The van der Waals surface area contributed by atoms with E-state index in [1.165, 1.54) is 0 Å². The van der Waals surface area contributed by atoms with Gasteiger partial charge in [-0.3, -0.25) is 4.79 Å². The van der Waals surface area contributed by atoms with Crippen molar-refractivity contribution in [3.63, 3.8) is 0 Å². The average Bonchev–Trinajstić information content (AvgIpc) is 2.78. The molecule has 1 aliphatic rings. The third-order valence-corrected chi connectivity index (χ3v) is 2.09. The summed E-state index contributed by atoms with van der Waals surface area (Å²) >= 11 is 0. The van der Waals surface area contributed by atoms with Gasteiger partial charge in [-0.1, -0.05) is 0 Å². The van der Waals surface area contributed by atoms with Crippen molar-refractivity contribution in [3.8, 4) is 0 Å². The number of rotatable bonds is 5. The Labute approximate surface area is 66.9 Å². The molecule has 2 N–H and O–H groups in total. The second kappa shape index (κ2) is 3.83. The normalized spacial score (nSPS) is 28.5. The Morgan fingerprint density at radius 1 is 1.73 bits per heavy atom. The van der Waals surface area contributed by atoms with Gasteiger partial charge in [-0.2, -0.15) is 0 Å². The van der Waals surface area contributed by atoms with Gasteiger partial charge >= 0.3 is 0 Å². The number of hydrogen-bond acceptors (Lipinski definition) is 3. The van der Waals surface area contributed by atoms with E-state index in [4.69, 9.17) is 10.5 Å². The first kappa shape index (κ1) is 8.68. The zero-order valence-electron chi connectivity index (χ0n) is 6.88. The molecule has 0 unspecified atom stereocenters. The van der Waals surface area contributed by atoms with Crippen molar-refractivity contribution in [1.29, 1.82) is 0 Å². The Morgan fingerprint density at radius 2 is 2.45 bits per heavy atom. The fourth-order valence-electron chi connectivity index (χ4n) is 1.21. The maximum absolute atomic E-state index is 11.2. The molecule has 0 radical (unpaired) electrons. The number of nitrogens with two attached hydrogens (primary N) is 1. The van der Waals surface area contributed by atoms with Crippen LogP contribution < -0.4 is 5.73 Å². The van der Waals surface area contributed by atoms with Crippen LogP contribution in [0, 0.1) is 11.8 Å². The Morgan fingerprint density at radius 3 is 2.91 bits per heavy atom. The fourth-order valence-corrected chi connectivity index (χ4v) is 1.21. The highest BCUT2D eigenvalue weighted by Gasteiger charge is 2.41. The van der Waals surface area contributed by atoms with Crippen LogP contribution >= 0.6 is 0 Å². The van der Waals surface area contributed by atoms with Gasteiger partial charge < -0.3 is 10.5 Å². The molecular formula is C8H15NO2. The molecule has 64 valence electrons. The largest absolute Gasteiger partial charge is 0.374 e. The number of carbonyl (C=O) groups excluding carboxylic acids is 1. The summed E-state index contributed by atoms with van der Waals surface area (Å²) in [6.45, 7) is 3.42. The van der Waals surface area contributed by atoms with E-state index < -0.39 is 0 Å². The second-order valence-corrected chi connectivity index (χ2v) is 2.94. The van der Waals surface area contributed by atoms with E-state index in [9.17, 15) is 4.79 Å². The molecule has 1 fully saturated rings. The van der Waals surface area contributed by atoms with Crippen LogP contribution in [0.3, 0.4) is 0 Å². The Kier molecular flexibility index (Phi) is 3.02. The molecule has 1 rings (SSSR count). The highest BCUT2D eigenvalue weighted by atomic mass is 16.5. The van der Waals surface area contributed by atoms with Gasteiger partial charge in [0.2, 0.25) is 0 Å².